The number of fused-ring (bicyclic) bond motifs is 1. The van der Waals surface area contributed by atoms with Gasteiger partial charge in [-0.15, -0.1) is 11.3 Å². The molecule has 1 unspecified atom stereocenters. The lowest BCUT2D eigenvalue weighted by Crippen LogP contribution is -2.58. The molecule has 1 aliphatic heterocycles. The summed E-state index contributed by atoms with van der Waals surface area (Å²) in [6.07, 6.45) is -0.614. The van der Waals surface area contributed by atoms with Gasteiger partial charge in [-0.3, -0.25) is 15.4 Å². The minimum absolute atomic E-state index is 0.193. The molecule has 162 valence electrons. The lowest BCUT2D eigenvalue weighted by Gasteiger charge is -2.43. The maximum Gasteiger partial charge on any atom is 0.323 e. The van der Waals surface area contributed by atoms with Gasteiger partial charge in [0.15, 0.2) is 0 Å². The van der Waals surface area contributed by atoms with Crippen LogP contribution in [0.2, 0.25) is 0 Å². The van der Waals surface area contributed by atoms with Crippen molar-refractivity contribution in [2.75, 3.05) is 25.7 Å². The molecule has 0 saturated heterocycles. The Bertz CT molecular complexity index is 1050. The number of carbonyl (C=O) groups is 1. The van der Waals surface area contributed by atoms with Crippen LogP contribution in [0.1, 0.15) is 11.1 Å². The van der Waals surface area contributed by atoms with Crippen molar-refractivity contribution in [3.63, 3.8) is 0 Å². The molecule has 3 N–H and O–H groups in total. The molecule has 2 aromatic carbocycles. The van der Waals surface area contributed by atoms with Gasteiger partial charge >= 0.3 is 5.97 Å². The quantitative estimate of drug-likeness (QED) is 0.582. The summed E-state index contributed by atoms with van der Waals surface area (Å²) in [5.41, 5.74) is 10.4. The number of carboxylic acid groups (broad SMARTS) is 1. The Morgan fingerprint density at radius 1 is 1.16 bits per heavy atom. The van der Waals surface area contributed by atoms with Gasteiger partial charge in [-0.05, 0) is 40.8 Å². The van der Waals surface area contributed by atoms with Crippen molar-refractivity contribution < 1.29 is 19.4 Å². The topological polar surface area (TPSA) is 88.3 Å². The zero-order chi connectivity index (χ0) is 22.0. The number of carboxylic acids is 1. The van der Waals surface area contributed by atoms with Crippen LogP contribution in [0.3, 0.4) is 0 Å². The summed E-state index contributed by atoms with van der Waals surface area (Å²) in [5.74, 6) is 0.477. The molecule has 1 aromatic heterocycles. The van der Waals surface area contributed by atoms with Crippen LogP contribution in [0, 0.1) is 0 Å². The van der Waals surface area contributed by atoms with E-state index < -0.39 is 12.3 Å². The van der Waals surface area contributed by atoms with Gasteiger partial charge in [0.1, 0.15) is 24.3 Å². The summed E-state index contributed by atoms with van der Waals surface area (Å²) >= 11 is 1.65. The molecule has 0 bridgehead atoms. The summed E-state index contributed by atoms with van der Waals surface area (Å²) < 4.78 is 11.1. The molecular weight excluding hydrogens is 414 g/mol. The van der Waals surface area contributed by atoms with Gasteiger partial charge in [0.2, 0.25) is 0 Å². The third-order valence-corrected chi connectivity index (χ3v) is 6.38. The summed E-state index contributed by atoms with van der Waals surface area (Å²) in [6, 6.07) is 15.8. The first-order valence-electron chi connectivity index (χ1n) is 9.86. The standard InChI is InChI=1S/C23H25N3O4S/c1-29-19-5-3-6-20(30-2)17(19)13-25-12-16-9-8-15(21-7-4-10-31-21)11-18(16)26(23(25)24)14-22(27)28/h3-11,23H,12-14,24H2,1-2H3,(H,27,28). The first-order valence-corrected chi connectivity index (χ1v) is 10.7. The van der Waals surface area contributed by atoms with Crippen molar-refractivity contribution >= 4 is 23.0 Å². The molecule has 0 radical (unpaired) electrons. The van der Waals surface area contributed by atoms with E-state index in [4.69, 9.17) is 15.2 Å². The first-order chi connectivity index (χ1) is 15.0. The van der Waals surface area contributed by atoms with Crippen LogP contribution in [0.15, 0.2) is 53.9 Å². The number of nitrogens with zero attached hydrogens (tertiary/aromatic N) is 2. The number of thiophene rings is 1. The number of methoxy groups -OCH3 is 2. The summed E-state index contributed by atoms with van der Waals surface area (Å²) in [6.45, 7) is 0.844. The van der Waals surface area contributed by atoms with E-state index in [1.54, 1.807) is 30.5 Å². The Kier molecular flexibility index (Phi) is 6.13. The number of hydrogen-bond acceptors (Lipinski definition) is 7. The van der Waals surface area contributed by atoms with E-state index in [-0.39, 0.29) is 6.54 Å². The van der Waals surface area contributed by atoms with E-state index in [2.05, 4.69) is 18.2 Å². The smallest absolute Gasteiger partial charge is 0.323 e. The van der Waals surface area contributed by atoms with Crippen molar-refractivity contribution in [2.24, 2.45) is 5.73 Å². The number of anilines is 1. The second kappa shape index (κ2) is 8.97. The molecular formula is C23H25N3O4S. The predicted molar refractivity (Wildman–Crippen MR) is 122 cm³/mol. The Hall–Kier alpha value is -3.07. The monoisotopic (exact) mass is 439 g/mol. The minimum Gasteiger partial charge on any atom is -0.496 e. The minimum atomic E-state index is -0.931. The van der Waals surface area contributed by atoms with Crippen molar-refractivity contribution in [3.8, 4) is 21.9 Å². The predicted octanol–water partition coefficient (Wildman–Crippen LogP) is 3.58. The van der Waals surface area contributed by atoms with E-state index >= 15 is 0 Å². The Labute approximate surface area is 185 Å². The molecule has 0 spiro atoms. The van der Waals surface area contributed by atoms with Crippen molar-refractivity contribution in [3.05, 3.63) is 65.0 Å². The summed E-state index contributed by atoms with van der Waals surface area (Å²) in [5, 5.41) is 11.6. The van der Waals surface area contributed by atoms with Gasteiger partial charge < -0.3 is 19.5 Å². The average molecular weight is 440 g/mol. The summed E-state index contributed by atoms with van der Waals surface area (Å²) in [4.78, 5) is 16.5. The highest BCUT2D eigenvalue weighted by molar-refractivity contribution is 7.13. The number of aliphatic carboxylic acids is 1. The third kappa shape index (κ3) is 4.23. The number of ether oxygens (including phenoxy) is 2. The molecule has 0 saturated carbocycles. The molecule has 0 fully saturated rings. The highest BCUT2D eigenvalue weighted by Gasteiger charge is 2.32. The molecule has 7 nitrogen and oxygen atoms in total. The Morgan fingerprint density at radius 3 is 2.52 bits per heavy atom. The lowest BCUT2D eigenvalue weighted by molar-refractivity contribution is -0.135. The first kappa shape index (κ1) is 21.2. The van der Waals surface area contributed by atoms with Gasteiger partial charge in [0.05, 0.1) is 19.8 Å². The van der Waals surface area contributed by atoms with Gasteiger partial charge in [-0.1, -0.05) is 24.3 Å². The van der Waals surface area contributed by atoms with E-state index in [1.165, 1.54) is 0 Å². The van der Waals surface area contributed by atoms with Gasteiger partial charge in [-0.2, -0.15) is 0 Å². The molecule has 8 heteroatoms. The number of hydrogen-bond donors (Lipinski definition) is 2. The molecule has 31 heavy (non-hydrogen) atoms. The highest BCUT2D eigenvalue weighted by atomic mass is 32.1. The van der Waals surface area contributed by atoms with E-state index in [0.29, 0.717) is 24.6 Å². The van der Waals surface area contributed by atoms with Crippen LogP contribution in [-0.4, -0.2) is 43.0 Å². The largest absolute Gasteiger partial charge is 0.496 e. The Balaban J connectivity index is 1.71. The molecule has 2 heterocycles. The SMILES string of the molecule is COc1cccc(OC)c1CN1Cc2ccc(-c3cccs3)cc2N(CC(=O)O)C1N. The molecule has 0 amide bonds. The zero-order valence-corrected chi connectivity index (χ0v) is 18.3. The van der Waals surface area contributed by atoms with Crippen LogP contribution < -0.4 is 20.1 Å². The van der Waals surface area contributed by atoms with Crippen molar-refractivity contribution in [1.29, 1.82) is 0 Å². The molecule has 1 aliphatic rings. The summed E-state index contributed by atoms with van der Waals surface area (Å²) in [7, 11) is 3.24. The van der Waals surface area contributed by atoms with Gasteiger partial charge in [-0.25, -0.2) is 0 Å². The van der Waals surface area contributed by atoms with Crippen LogP contribution >= 0.6 is 11.3 Å². The molecule has 3 aromatic rings. The molecule has 4 rings (SSSR count). The fourth-order valence-electron chi connectivity index (χ4n) is 3.97. The second-order valence-electron chi connectivity index (χ2n) is 7.30. The molecule has 0 aliphatic carbocycles. The average Bonchev–Trinajstić information content (AvgIpc) is 3.31. The number of rotatable bonds is 7. The van der Waals surface area contributed by atoms with Crippen LogP contribution in [0.5, 0.6) is 11.5 Å². The zero-order valence-electron chi connectivity index (χ0n) is 17.4. The van der Waals surface area contributed by atoms with Gasteiger partial charge in [0.25, 0.3) is 0 Å². The lowest BCUT2D eigenvalue weighted by atomic mass is 10.0. The number of nitrogens with two attached hydrogens (primary N) is 1. The van der Waals surface area contributed by atoms with Gasteiger partial charge in [0, 0.05) is 23.7 Å². The van der Waals surface area contributed by atoms with Crippen LogP contribution in [0.25, 0.3) is 10.4 Å². The highest BCUT2D eigenvalue weighted by Crippen LogP contribution is 2.37. The molecule has 1 atom stereocenters. The fraction of sp³-hybridized carbons (Fsp3) is 0.261. The van der Waals surface area contributed by atoms with Crippen LogP contribution in [-0.2, 0) is 17.9 Å². The number of benzene rings is 2. The van der Waals surface area contributed by atoms with E-state index in [1.807, 2.05) is 40.6 Å². The normalized spacial score (nSPS) is 16.1. The fourth-order valence-corrected chi connectivity index (χ4v) is 4.70. The van der Waals surface area contributed by atoms with Crippen molar-refractivity contribution in [2.45, 2.75) is 19.4 Å². The van der Waals surface area contributed by atoms with E-state index in [0.717, 1.165) is 27.3 Å². The third-order valence-electron chi connectivity index (χ3n) is 5.46. The second-order valence-corrected chi connectivity index (χ2v) is 8.25. The maximum atomic E-state index is 11.6. The van der Waals surface area contributed by atoms with E-state index in [9.17, 15) is 9.90 Å². The van der Waals surface area contributed by atoms with Crippen molar-refractivity contribution in [1.82, 2.24) is 4.90 Å². The maximum absolute atomic E-state index is 11.6. The Morgan fingerprint density at radius 2 is 1.90 bits per heavy atom. The van der Waals surface area contributed by atoms with Crippen LogP contribution in [0.4, 0.5) is 5.69 Å².